The third-order valence-corrected chi connectivity index (χ3v) is 3.02. The van der Waals surface area contributed by atoms with Gasteiger partial charge in [0.1, 0.15) is 10.0 Å². The molecule has 0 aliphatic rings. The van der Waals surface area contributed by atoms with Crippen LogP contribution in [0, 0.1) is 0 Å². The second-order valence-electron chi connectivity index (χ2n) is 3.11. The summed E-state index contributed by atoms with van der Waals surface area (Å²) >= 11 is 1.42. The highest BCUT2D eigenvalue weighted by molar-refractivity contribution is 7.18. The molecule has 84 valence electrons. The molecule has 4 nitrogen and oxygen atoms in total. The minimum absolute atomic E-state index is 0.680. The second-order valence-corrected chi connectivity index (χ2v) is 4.17. The quantitative estimate of drug-likeness (QED) is 0.889. The maximum absolute atomic E-state index is 5.66. The molecule has 2 N–H and O–H groups in total. The van der Waals surface area contributed by atoms with Gasteiger partial charge in [-0.05, 0) is 12.1 Å². The molecule has 1 aromatic carbocycles. The summed E-state index contributed by atoms with van der Waals surface area (Å²) in [5.41, 5.74) is 6.55. The van der Waals surface area contributed by atoms with E-state index in [-0.39, 0.29) is 0 Å². The predicted molar refractivity (Wildman–Crippen MR) is 65.1 cm³/mol. The summed E-state index contributed by atoms with van der Waals surface area (Å²) in [5.74, 6) is 1.37. The first-order valence-electron chi connectivity index (χ1n) is 4.69. The average molecular weight is 236 g/mol. The Bertz CT molecular complexity index is 496. The number of rotatable bonds is 3. The summed E-state index contributed by atoms with van der Waals surface area (Å²) < 4.78 is 10.6. The molecule has 16 heavy (non-hydrogen) atoms. The number of aromatic nitrogens is 1. The molecule has 0 fully saturated rings. The molecule has 2 rings (SSSR count). The van der Waals surface area contributed by atoms with Crippen LogP contribution in [0.15, 0.2) is 24.4 Å². The topological polar surface area (TPSA) is 57.4 Å². The zero-order valence-electron chi connectivity index (χ0n) is 9.06. The summed E-state index contributed by atoms with van der Waals surface area (Å²) in [4.78, 5) is 4.23. The number of hydrogen-bond donors (Lipinski definition) is 1. The highest BCUT2D eigenvalue weighted by Crippen LogP contribution is 2.39. The van der Waals surface area contributed by atoms with E-state index in [1.807, 2.05) is 18.2 Å². The van der Waals surface area contributed by atoms with Crippen LogP contribution in [-0.2, 0) is 0 Å². The number of nitrogens with zero attached hydrogens (tertiary/aromatic N) is 1. The number of benzene rings is 1. The molecule has 0 aliphatic heterocycles. The van der Waals surface area contributed by atoms with Gasteiger partial charge in [0.2, 0.25) is 0 Å². The highest BCUT2D eigenvalue weighted by Gasteiger charge is 2.13. The number of nitrogen functional groups attached to an aromatic ring is 1. The van der Waals surface area contributed by atoms with Gasteiger partial charge in [0.15, 0.2) is 11.5 Å². The predicted octanol–water partition coefficient (Wildman–Crippen LogP) is 2.41. The van der Waals surface area contributed by atoms with Gasteiger partial charge < -0.3 is 15.2 Å². The normalized spacial score (nSPS) is 10.1. The van der Waals surface area contributed by atoms with Gasteiger partial charge in [0.05, 0.1) is 26.0 Å². The molecule has 1 heterocycles. The lowest BCUT2D eigenvalue weighted by Gasteiger charge is -2.10. The largest absolute Gasteiger partial charge is 0.493 e. The van der Waals surface area contributed by atoms with E-state index in [0.29, 0.717) is 16.5 Å². The van der Waals surface area contributed by atoms with Crippen molar-refractivity contribution in [3.63, 3.8) is 0 Å². The SMILES string of the molecule is COc1cccc(-c2ncc(N)s2)c1OC. The van der Waals surface area contributed by atoms with E-state index in [1.54, 1.807) is 20.4 Å². The molecule has 0 spiro atoms. The van der Waals surface area contributed by atoms with E-state index in [1.165, 1.54) is 11.3 Å². The zero-order chi connectivity index (χ0) is 11.5. The number of para-hydroxylation sites is 1. The third kappa shape index (κ3) is 1.81. The van der Waals surface area contributed by atoms with Gasteiger partial charge >= 0.3 is 0 Å². The fraction of sp³-hybridized carbons (Fsp3) is 0.182. The van der Waals surface area contributed by atoms with Crippen molar-refractivity contribution in [3.8, 4) is 22.1 Å². The Morgan fingerprint density at radius 3 is 2.62 bits per heavy atom. The van der Waals surface area contributed by atoms with Crippen LogP contribution in [-0.4, -0.2) is 19.2 Å². The molecule has 0 saturated heterocycles. The van der Waals surface area contributed by atoms with Crippen molar-refractivity contribution in [2.45, 2.75) is 0 Å². The standard InChI is InChI=1S/C11H12N2O2S/c1-14-8-5-3-4-7(10(8)15-2)11-13-6-9(12)16-11/h3-6H,12H2,1-2H3. The van der Waals surface area contributed by atoms with E-state index in [0.717, 1.165) is 10.6 Å². The van der Waals surface area contributed by atoms with Crippen LogP contribution in [0.25, 0.3) is 10.6 Å². The van der Waals surface area contributed by atoms with Crippen molar-refractivity contribution in [2.75, 3.05) is 20.0 Å². The van der Waals surface area contributed by atoms with Crippen molar-refractivity contribution < 1.29 is 9.47 Å². The van der Waals surface area contributed by atoms with E-state index in [4.69, 9.17) is 15.2 Å². The summed E-state index contributed by atoms with van der Waals surface area (Å²) in [5, 5.41) is 1.51. The summed E-state index contributed by atoms with van der Waals surface area (Å²) in [6.07, 6.45) is 1.64. The van der Waals surface area contributed by atoms with Crippen LogP contribution in [0.3, 0.4) is 0 Å². The number of thiazole rings is 1. The van der Waals surface area contributed by atoms with Gasteiger partial charge in [0.25, 0.3) is 0 Å². The molecule has 2 aromatic rings. The molecule has 0 bridgehead atoms. The van der Waals surface area contributed by atoms with Crippen molar-refractivity contribution >= 4 is 16.3 Å². The number of ether oxygens (including phenoxy) is 2. The van der Waals surface area contributed by atoms with E-state index in [2.05, 4.69) is 4.98 Å². The minimum atomic E-state index is 0.680. The third-order valence-electron chi connectivity index (χ3n) is 2.16. The van der Waals surface area contributed by atoms with E-state index in [9.17, 15) is 0 Å². The molecule has 0 saturated carbocycles. The first kappa shape index (κ1) is 10.8. The molecule has 5 heteroatoms. The number of hydrogen-bond acceptors (Lipinski definition) is 5. The van der Waals surface area contributed by atoms with Crippen LogP contribution in [0.5, 0.6) is 11.5 Å². The second kappa shape index (κ2) is 4.40. The summed E-state index contributed by atoms with van der Waals surface area (Å²) in [6, 6.07) is 5.67. The monoisotopic (exact) mass is 236 g/mol. The first-order valence-corrected chi connectivity index (χ1v) is 5.50. The molecule has 0 aliphatic carbocycles. The van der Waals surface area contributed by atoms with Gasteiger partial charge in [-0.3, -0.25) is 0 Å². The van der Waals surface area contributed by atoms with Crippen molar-refractivity contribution in [3.05, 3.63) is 24.4 Å². The van der Waals surface area contributed by atoms with Crippen molar-refractivity contribution in [2.24, 2.45) is 0 Å². The fourth-order valence-corrected chi connectivity index (χ4v) is 2.17. The molecule has 0 unspecified atom stereocenters. The molecule has 0 amide bonds. The molecular formula is C11H12N2O2S. The van der Waals surface area contributed by atoms with Gasteiger partial charge in [-0.15, -0.1) is 0 Å². The maximum Gasteiger partial charge on any atom is 0.170 e. The van der Waals surface area contributed by atoms with E-state index < -0.39 is 0 Å². The summed E-state index contributed by atoms with van der Waals surface area (Å²) in [6.45, 7) is 0. The Labute approximate surface area is 97.6 Å². The van der Waals surface area contributed by atoms with Gasteiger partial charge in [-0.1, -0.05) is 17.4 Å². The van der Waals surface area contributed by atoms with E-state index >= 15 is 0 Å². The number of methoxy groups -OCH3 is 2. The smallest absolute Gasteiger partial charge is 0.170 e. The zero-order valence-corrected chi connectivity index (χ0v) is 9.88. The van der Waals surface area contributed by atoms with Crippen LogP contribution in [0.2, 0.25) is 0 Å². The van der Waals surface area contributed by atoms with Crippen LogP contribution in [0.1, 0.15) is 0 Å². The molecule has 1 aromatic heterocycles. The number of anilines is 1. The Morgan fingerprint density at radius 1 is 1.25 bits per heavy atom. The maximum atomic E-state index is 5.66. The van der Waals surface area contributed by atoms with Gasteiger partial charge in [-0.2, -0.15) is 0 Å². The lowest BCUT2D eigenvalue weighted by atomic mass is 10.2. The average Bonchev–Trinajstić information content (AvgIpc) is 2.74. The molecule has 0 radical (unpaired) electrons. The van der Waals surface area contributed by atoms with Crippen molar-refractivity contribution in [1.82, 2.24) is 4.98 Å². The van der Waals surface area contributed by atoms with Crippen LogP contribution in [0.4, 0.5) is 5.00 Å². The Kier molecular flexibility index (Phi) is 2.96. The van der Waals surface area contributed by atoms with Crippen molar-refractivity contribution in [1.29, 1.82) is 0 Å². The molecule has 0 atom stereocenters. The lowest BCUT2D eigenvalue weighted by molar-refractivity contribution is 0.356. The van der Waals surface area contributed by atoms with Crippen LogP contribution < -0.4 is 15.2 Å². The molecular weight excluding hydrogens is 224 g/mol. The highest BCUT2D eigenvalue weighted by atomic mass is 32.1. The lowest BCUT2D eigenvalue weighted by Crippen LogP contribution is -1.92. The minimum Gasteiger partial charge on any atom is -0.493 e. The number of nitrogens with two attached hydrogens (primary N) is 1. The van der Waals surface area contributed by atoms with Gasteiger partial charge in [0, 0.05) is 0 Å². The Balaban J connectivity index is 2.56. The van der Waals surface area contributed by atoms with Crippen LogP contribution >= 0.6 is 11.3 Å². The fourth-order valence-electron chi connectivity index (χ4n) is 1.47. The summed E-state index contributed by atoms with van der Waals surface area (Å²) in [7, 11) is 3.22. The Morgan fingerprint density at radius 2 is 2.06 bits per heavy atom. The first-order chi connectivity index (χ1) is 7.76. The van der Waals surface area contributed by atoms with Gasteiger partial charge in [-0.25, -0.2) is 4.98 Å². The Hall–Kier alpha value is -1.75.